The van der Waals surface area contributed by atoms with Crippen LogP contribution in [0.3, 0.4) is 0 Å². The number of carbonyl (C=O) groups excluding carboxylic acids is 2. The van der Waals surface area contributed by atoms with E-state index < -0.39 is 17.8 Å². The SMILES string of the molecule is CSc1n[nH]c(N2C(=O)c3ccc(C(=O)O)cc3C2=O)c1C#N. The van der Waals surface area contributed by atoms with Crippen molar-refractivity contribution in [2.75, 3.05) is 11.2 Å². The molecule has 0 radical (unpaired) electrons. The molecule has 0 unspecified atom stereocenters. The van der Waals surface area contributed by atoms with Gasteiger partial charge in [0.2, 0.25) is 0 Å². The van der Waals surface area contributed by atoms with Crippen LogP contribution in [-0.2, 0) is 0 Å². The third kappa shape index (κ3) is 2.08. The van der Waals surface area contributed by atoms with Gasteiger partial charge in [0.25, 0.3) is 11.8 Å². The summed E-state index contributed by atoms with van der Waals surface area (Å²) in [5.41, 5.74) is 0.0652. The Bertz CT molecular complexity index is 912. The Labute approximate surface area is 133 Å². The minimum atomic E-state index is -1.20. The van der Waals surface area contributed by atoms with Gasteiger partial charge in [-0.3, -0.25) is 14.7 Å². The maximum absolute atomic E-state index is 12.5. The number of carboxylic acid groups (broad SMARTS) is 1. The zero-order valence-electron chi connectivity index (χ0n) is 11.7. The van der Waals surface area contributed by atoms with Crippen LogP contribution in [0.1, 0.15) is 36.6 Å². The van der Waals surface area contributed by atoms with E-state index in [9.17, 15) is 19.6 Å². The highest BCUT2D eigenvalue weighted by molar-refractivity contribution is 7.98. The first-order valence-electron chi connectivity index (χ1n) is 6.28. The van der Waals surface area contributed by atoms with Crippen molar-refractivity contribution < 1.29 is 19.5 Å². The Morgan fingerprint density at radius 2 is 2.04 bits per heavy atom. The molecule has 9 heteroatoms. The van der Waals surface area contributed by atoms with E-state index >= 15 is 0 Å². The lowest BCUT2D eigenvalue weighted by Gasteiger charge is -2.11. The van der Waals surface area contributed by atoms with Gasteiger partial charge in [-0.25, -0.2) is 9.69 Å². The van der Waals surface area contributed by atoms with E-state index in [2.05, 4.69) is 10.2 Å². The van der Waals surface area contributed by atoms with Crippen molar-refractivity contribution in [3.05, 3.63) is 40.5 Å². The molecule has 2 amide bonds. The summed E-state index contributed by atoms with van der Waals surface area (Å²) in [5, 5.41) is 25.0. The molecular weight excluding hydrogens is 320 g/mol. The molecule has 1 aliphatic rings. The second-order valence-corrected chi connectivity index (χ2v) is 5.37. The third-order valence-corrected chi connectivity index (χ3v) is 4.06. The van der Waals surface area contributed by atoms with Gasteiger partial charge in [0.05, 0.1) is 16.7 Å². The van der Waals surface area contributed by atoms with E-state index in [1.807, 2.05) is 6.07 Å². The number of imide groups is 1. The topological polar surface area (TPSA) is 127 Å². The molecule has 1 aromatic heterocycles. The van der Waals surface area contributed by atoms with Crippen LogP contribution < -0.4 is 4.90 Å². The van der Waals surface area contributed by atoms with Crippen molar-refractivity contribution in [3.8, 4) is 6.07 Å². The number of aromatic nitrogens is 2. The van der Waals surface area contributed by atoms with Crippen LogP contribution in [0.15, 0.2) is 23.2 Å². The number of carboxylic acids is 1. The predicted octanol–water partition coefficient (Wildman–Crippen LogP) is 1.50. The van der Waals surface area contributed by atoms with Crippen molar-refractivity contribution in [2.45, 2.75) is 5.03 Å². The number of fused-ring (bicyclic) bond motifs is 1. The lowest BCUT2D eigenvalue weighted by atomic mass is 10.1. The number of amides is 2. The van der Waals surface area contributed by atoms with E-state index in [0.717, 1.165) is 11.0 Å². The number of carbonyl (C=O) groups is 3. The standard InChI is InChI=1S/C14H8N4O4S/c1-23-11-9(5-15)10(16-17-11)18-12(19)7-3-2-6(14(21)22)4-8(7)13(18)20/h2-4H,1H3,(H,16,17)(H,21,22). The fourth-order valence-electron chi connectivity index (χ4n) is 2.30. The first-order chi connectivity index (χ1) is 11.0. The normalized spacial score (nSPS) is 13.1. The Balaban J connectivity index is 2.13. The van der Waals surface area contributed by atoms with Crippen molar-refractivity contribution in [3.63, 3.8) is 0 Å². The summed E-state index contributed by atoms with van der Waals surface area (Å²) in [5.74, 6) is -2.54. The number of benzene rings is 1. The van der Waals surface area contributed by atoms with Gasteiger partial charge >= 0.3 is 5.97 Å². The monoisotopic (exact) mass is 328 g/mol. The van der Waals surface area contributed by atoms with Crippen molar-refractivity contribution in [1.29, 1.82) is 5.26 Å². The van der Waals surface area contributed by atoms with Crippen LogP contribution in [0.25, 0.3) is 0 Å². The number of nitrogens with zero attached hydrogens (tertiary/aromatic N) is 3. The molecule has 0 saturated carbocycles. The number of rotatable bonds is 3. The van der Waals surface area contributed by atoms with Gasteiger partial charge in [-0.15, -0.1) is 11.8 Å². The van der Waals surface area contributed by atoms with E-state index in [1.165, 1.54) is 23.9 Å². The summed E-state index contributed by atoms with van der Waals surface area (Å²) in [6.07, 6.45) is 1.71. The van der Waals surface area contributed by atoms with Gasteiger partial charge in [0.15, 0.2) is 5.82 Å². The average Bonchev–Trinajstić information content (AvgIpc) is 3.06. The quantitative estimate of drug-likeness (QED) is 0.645. The number of aromatic amines is 1. The van der Waals surface area contributed by atoms with Crippen LogP contribution in [-0.4, -0.2) is 39.3 Å². The molecule has 2 heterocycles. The Morgan fingerprint density at radius 1 is 1.35 bits per heavy atom. The minimum absolute atomic E-state index is 0.0140. The van der Waals surface area contributed by atoms with Crippen LogP contribution in [0.4, 0.5) is 5.82 Å². The molecular formula is C14H8N4O4S. The molecule has 8 nitrogen and oxygen atoms in total. The molecule has 23 heavy (non-hydrogen) atoms. The van der Waals surface area contributed by atoms with E-state index in [0.29, 0.717) is 5.03 Å². The number of nitriles is 1. The summed E-state index contributed by atoms with van der Waals surface area (Å²) in [7, 11) is 0. The summed E-state index contributed by atoms with van der Waals surface area (Å²) in [6, 6.07) is 5.60. The Morgan fingerprint density at radius 3 is 2.65 bits per heavy atom. The van der Waals surface area contributed by atoms with E-state index in [4.69, 9.17) is 5.11 Å². The number of aromatic carboxylic acids is 1. The second kappa shape index (κ2) is 5.26. The highest BCUT2D eigenvalue weighted by atomic mass is 32.2. The van der Waals surface area contributed by atoms with Crippen LogP contribution in [0.2, 0.25) is 0 Å². The molecule has 0 atom stereocenters. The number of thioether (sulfide) groups is 1. The van der Waals surface area contributed by atoms with Crippen LogP contribution in [0, 0.1) is 11.3 Å². The van der Waals surface area contributed by atoms with Gasteiger partial charge in [0, 0.05) is 0 Å². The molecule has 0 bridgehead atoms. The molecule has 114 valence electrons. The zero-order chi connectivity index (χ0) is 16.7. The molecule has 0 aliphatic carbocycles. The summed E-state index contributed by atoms with van der Waals surface area (Å²) < 4.78 is 0. The summed E-state index contributed by atoms with van der Waals surface area (Å²) >= 11 is 1.20. The number of hydrogen-bond acceptors (Lipinski definition) is 6. The van der Waals surface area contributed by atoms with Crippen molar-refractivity contribution in [2.24, 2.45) is 0 Å². The summed E-state index contributed by atoms with van der Waals surface area (Å²) in [4.78, 5) is 36.8. The van der Waals surface area contributed by atoms with Gasteiger partial charge in [-0.2, -0.15) is 10.4 Å². The first-order valence-corrected chi connectivity index (χ1v) is 7.50. The molecule has 0 saturated heterocycles. The summed E-state index contributed by atoms with van der Waals surface area (Å²) in [6.45, 7) is 0. The zero-order valence-corrected chi connectivity index (χ0v) is 12.5. The highest BCUT2D eigenvalue weighted by Gasteiger charge is 2.39. The predicted molar refractivity (Wildman–Crippen MR) is 79.6 cm³/mol. The Hall–Kier alpha value is -3.12. The minimum Gasteiger partial charge on any atom is -0.478 e. The third-order valence-electron chi connectivity index (χ3n) is 3.38. The van der Waals surface area contributed by atoms with Crippen molar-refractivity contribution >= 4 is 35.4 Å². The largest absolute Gasteiger partial charge is 0.478 e. The van der Waals surface area contributed by atoms with E-state index in [-0.39, 0.29) is 28.1 Å². The highest BCUT2D eigenvalue weighted by Crippen LogP contribution is 2.32. The lowest BCUT2D eigenvalue weighted by molar-refractivity contribution is 0.0696. The number of H-pyrrole nitrogens is 1. The number of nitrogens with one attached hydrogen (secondary N) is 1. The van der Waals surface area contributed by atoms with Crippen LogP contribution in [0.5, 0.6) is 0 Å². The molecule has 0 fully saturated rings. The maximum atomic E-state index is 12.5. The molecule has 1 aromatic carbocycles. The fourth-order valence-corrected chi connectivity index (χ4v) is 2.79. The maximum Gasteiger partial charge on any atom is 0.335 e. The van der Waals surface area contributed by atoms with Crippen LogP contribution >= 0.6 is 11.8 Å². The van der Waals surface area contributed by atoms with E-state index in [1.54, 1.807) is 6.26 Å². The molecule has 2 N–H and O–H groups in total. The van der Waals surface area contributed by atoms with Gasteiger partial charge < -0.3 is 5.11 Å². The molecule has 2 aromatic rings. The molecule has 0 spiro atoms. The van der Waals surface area contributed by atoms with Gasteiger partial charge in [-0.1, -0.05) is 0 Å². The Kier molecular flexibility index (Phi) is 3.38. The van der Waals surface area contributed by atoms with Crippen molar-refractivity contribution in [1.82, 2.24) is 10.2 Å². The number of hydrogen-bond donors (Lipinski definition) is 2. The molecule has 1 aliphatic heterocycles. The second-order valence-electron chi connectivity index (χ2n) is 4.58. The number of anilines is 1. The first kappa shape index (κ1) is 14.8. The lowest BCUT2D eigenvalue weighted by Crippen LogP contribution is -2.30. The fraction of sp³-hybridized carbons (Fsp3) is 0.0714. The average molecular weight is 328 g/mol. The van der Waals surface area contributed by atoms with Gasteiger partial charge in [-0.05, 0) is 24.5 Å². The van der Waals surface area contributed by atoms with Gasteiger partial charge in [0.1, 0.15) is 16.7 Å². The smallest absolute Gasteiger partial charge is 0.335 e. The molecule has 3 rings (SSSR count).